The molecule has 3 aromatic rings. The van der Waals surface area contributed by atoms with Gasteiger partial charge in [-0.25, -0.2) is 9.18 Å². The number of carbonyl (C=O) groups is 3. The molecule has 1 saturated carbocycles. The molecular formula is C38H43FN4O4. The first kappa shape index (κ1) is 31.4. The molecule has 9 heteroatoms. The number of nitrogens with zero attached hydrogens (tertiary/aromatic N) is 4. The molecule has 1 aliphatic carbocycles. The van der Waals surface area contributed by atoms with Gasteiger partial charge in [-0.15, -0.1) is 0 Å². The third-order valence-electron chi connectivity index (χ3n) is 10.2. The van der Waals surface area contributed by atoms with Crippen molar-refractivity contribution < 1.29 is 23.5 Å². The van der Waals surface area contributed by atoms with E-state index in [1.54, 1.807) is 24.3 Å². The van der Waals surface area contributed by atoms with Gasteiger partial charge in [-0.1, -0.05) is 30.3 Å². The summed E-state index contributed by atoms with van der Waals surface area (Å²) >= 11 is 0. The minimum atomic E-state index is -0.737. The van der Waals surface area contributed by atoms with Gasteiger partial charge in [-0.2, -0.15) is 0 Å². The standard InChI is InChI=1S/C38H43FN4O4/c1-36(2,3)47-33(44)28-9-6-8-27(24-28)25-41-26-43(30-14-12-29(39)13-15-30)38(35(41)46)18-22-40(23-19-38)20-7-21-42-32-11-5-4-10-31(32)37(16-17-37)34(42)45/h4-6,8-15,24H,7,16-23,25-26H2,1-3H3. The van der Waals surface area contributed by atoms with Gasteiger partial charge in [0.1, 0.15) is 17.0 Å². The molecule has 0 bridgehead atoms. The molecule has 47 heavy (non-hydrogen) atoms. The summed E-state index contributed by atoms with van der Waals surface area (Å²) in [6, 6.07) is 21.9. The number of ether oxygens (including phenoxy) is 1. The van der Waals surface area contributed by atoms with Crippen molar-refractivity contribution in [2.45, 2.75) is 76.0 Å². The van der Waals surface area contributed by atoms with Gasteiger partial charge in [-0.3, -0.25) is 9.59 Å². The Labute approximate surface area is 276 Å². The Balaban J connectivity index is 1.03. The minimum Gasteiger partial charge on any atom is -0.456 e. The first-order valence-electron chi connectivity index (χ1n) is 16.8. The van der Waals surface area contributed by atoms with Crippen molar-refractivity contribution in [2.75, 3.05) is 42.6 Å². The van der Waals surface area contributed by atoms with Gasteiger partial charge in [0.25, 0.3) is 0 Å². The Kier molecular flexibility index (Phi) is 7.86. The van der Waals surface area contributed by atoms with E-state index in [1.807, 2.05) is 54.8 Å². The van der Waals surface area contributed by atoms with Crippen molar-refractivity contribution in [3.05, 3.63) is 95.3 Å². The quantitative estimate of drug-likeness (QED) is 0.287. The molecule has 3 fully saturated rings. The zero-order chi connectivity index (χ0) is 33.0. The number of fused-ring (bicyclic) bond motifs is 2. The average Bonchev–Trinajstić information content (AvgIpc) is 3.78. The van der Waals surface area contributed by atoms with Gasteiger partial charge in [-0.05, 0) is 113 Å². The van der Waals surface area contributed by atoms with Crippen LogP contribution in [-0.2, 0) is 26.3 Å². The molecule has 246 valence electrons. The van der Waals surface area contributed by atoms with Crippen LogP contribution in [0.4, 0.5) is 15.8 Å². The van der Waals surface area contributed by atoms with Crippen molar-refractivity contribution in [3.63, 3.8) is 0 Å². The summed E-state index contributed by atoms with van der Waals surface area (Å²) in [6.07, 6.45) is 4.04. The minimum absolute atomic E-state index is 0.0538. The largest absolute Gasteiger partial charge is 0.456 e. The van der Waals surface area contributed by atoms with Crippen molar-refractivity contribution in [1.82, 2.24) is 9.80 Å². The average molecular weight is 639 g/mol. The number of hydrogen-bond donors (Lipinski definition) is 0. The van der Waals surface area contributed by atoms with Crippen LogP contribution in [0.15, 0.2) is 72.8 Å². The van der Waals surface area contributed by atoms with Crippen molar-refractivity contribution in [2.24, 2.45) is 0 Å². The SMILES string of the molecule is CC(C)(C)OC(=O)c1cccc(CN2CN(c3ccc(F)cc3)C3(CCN(CCCN4C(=O)C5(CC5)c5ccccc54)CC3)C2=O)c1. The summed E-state index contributed by atoms with van der Waals surface area (Å²) in [6.45, 7) is 9.27. The van der Waals surface area contributed by atoms with E-state index < -0.39 is 17.1 Å². The molecule has 4 aliphatic rings. The predicted molar refractivity (Wildman–Crippen MR) is 179 cm³/mol. The molecule has 7 rings (SSSR count). The molecule has 2 saturated heterocycles. The van der Waals surface area contributed by atoms with Crippen LogP contribution in [0.1, 0.15) is 74.4 Å². The number of rotatable bonds is 8. The molecule has 0 radical (unpaired) electrons. The van der Waals surface area contributed by atoms with E-state index in [2.05, 4.69) is 21.9 Å². The molecule has 0 N–H and O–H groups in total. The second-order valence-electron chi connectivity index (χ2n) is 14.5. The van der Waals surface area contributed by atoms with Gasteiger partial charge in [0.2, 0.25) is 11.8 Å². The van der Waals surface area contributed by atoms with Crippen LogP contribution in [0.2, 0.25) is 0 Å². The van der Waals surface area contributed by atoms with Gasteiger partial charge in [0.05, 0.1) is 17.6 Å². The summed E-state index contributed by atoms with van der Waals surface area (Å²) < 4.78 is 19.5. The lowest BCUT2D eigenvalue weighted by atomic mass is 9.85. The predicted octanol–water partition coefficient (Wildman–Crippen LogP) is 5.89. The lowest BCUT2D eigenvalue weighted by molar-refractivity contribution is -0.134. The number of anilines is 2. The number of likely N-dealkylation sites (tertiary alicyclic amines) is 1. The third kappa shape index (κ3) is 5.79. The van der Waals surface area contributed by atoms with Crippen LogP contribution in [0.3, 0.4) is 0 Å². The second kappa shape index (κ2) is 11.8. The Bertz CT molecular complexity index is 1690. The molecule has 8 nitrogen and oxygen atoms in total. The van der Waals surface area contributed by atoms with Crippen LogP contribution < -0.4 is 9.80 Å². The van der Waals surface area contributed by atoms with Crippen LogP contribution in [0.5, 0.6) is 0 Å². The van der Waals surface area contributed by atoms with Gasteiger partial charge in [0, 0.05) is 37.6 Å². The number of halogens is 1. The highest BCUT2D eigenvalue weighted by atomic mass is 19.1. The maximum Gasteiger partial charge on any atom is 0.338 e. The molecule has 3 aromatic carbocycles. The summed E-state index contributed by atoms with van der Waals surface area (Å²) in [5.74, 6) is -0.405. The number of hydrogen-bond acceptors (Lipinski definition) is 6. The van der Waals surface area contributed by atoms with E-state index >= 15 is 0 Å². The lowest BCUT2D eigenvalue weighted by Gasteiger charge is -2.43. The Morgan fingerprint density at radius 1 is 0.872 bits per heavy atom. The van der Waals surface area contributed by atoms with E-state index in [0.29, 0.717) is 38.2 Å². The summed E-state index contributed by atoms with van der Waals surface area (Å²) in [4.78, 5) is 48.7. The summed E-state index contributed by atoms with van der Waals surface area (Å²) in [5, 5.41) is 0. The summed E-state index contributed by atoms with van der Waals surface area (Å²) in [5.41, 5.74) is 2.75. The first-order chi connectivity index (χ1) is 22.5. The smallest absolute Gasteiger partial charge is 0.338 e. The second-order valence-corrected chi connectivity index (χ2v) is 14.5. The first-order valence-corrected chi connectivity index (χ1v) is 16.8. The fraction of sp³-hybridized carbons (Fsp3) is 0.447. The van der Waals surface area contributed by atoms with Crippen LogP contribution in [0, 0.1) is 5.82 Å². The van der Waals surface area contributed by atoms with E-state index in [0.717, 1.165) is 55.8 Å². The van der Waals surface area contributed by atoms with E-state index in [-0.39, 0.29) is 23.0 Å². The highest BCUT2D eigenvalue weighted by molar-refractivity contribution is 6.10. The van der Waals surface area contributed by atoms with E-state index in [1.165, 1.54) is 17.7 Å². The molecule has 0 unspecified atom stereocenters. The molecule has 2 amide bonds. The lowest BCUT2D eigenvalue weighted by Crippen LogP contribution is -2.56. The van der Waals surface area contributed by atoms with Gasteiger partial charge >= 0.3 is 5.97 Å². The van der Waals surface area contributed by atoms with Crippen LogP contribution in [-0.4, -0.2) is 71.6 Å². The van der Waals surface area contributed by atoms with Crippen molar-refractivity contribution >= 4 is 29.2 Å². The van der Waals surface area contributed by atoms with E-state index in [9.17, 15) is 18.8 Å². The zero-order valence-corrected chi connectivity index (χ0v) is 27.5. The normalized spacial score (nSPS) is 20.0. The highest BCUT2D eigenvalue weighted by Crippen LogP contribution is 2.57. The van der Waals surface area contributed by atoms with Crippen LogP contribution in [0.25, 0.3) is 0 Å². The topological polar surface area (TPSA) is 73.4 Å². The Morgan fingerprint density at radius 2 is 1.60 bits per heavy atom. The molecule has 2 spiro atoms. The number of esters is 1. The summed E-state index contributed by atoms with van der Waals surface area (Å²) in [7, 11) is 0. The van der Waals surface area contributed by atoms with Gasteiger partial charge < -0.3 is 24.3 Å². The van der Waals surface area contributed by atoms with Crippen molar-refractivity contribution in [3.8, 4) is 0 Å². The van der Waals surface area contributed by atoms with Crippen molar-refractivity contribution in [1.29, 1.82) is 0 Å². The maximum absolute atomic E-state index is 14.3. The molecule has 3 heterocycles. The fourth-order valence-electron chi connectivity index (χ4n) is 7.72. The molecular weight excluding hydrogens is 595 g/mol. The van der Waals surface area contributed by atoms with Gasteiger partial charge in [0.15, 0.2) is 0 Å². The molecule has 3 aliphatic heterocycles. The Morgan fingerprint density at radius 3 is 2.30 bits per heavy atom. The molecule has 0 aromatic heterocycles. The number of carbonyl (C=O) groups excluding carboxylic acids is 3. The zero-order valence-electron chi connectivity index (χ0n) is 27.5. The number of piperidine rings is 1. The Hall–Kier alpha value is -4.24. The number of para-hydroxylation sites is 1. The highest BCUT2D eigenvalue weighted by Gasteiger charge is 2.59. The monoisotopic (exact) mass is 638 g/mol. The number of amides is 2. The maximum atomic E-state index is 14.3. The number of benzene rings is 3. The van der Waals surface area contributed by atoms with Crippen LogP contribution >= 0.6 is 0 Å². The molecule has 0 atom stereocenters. The fourth-order valence-corrected chi connectivity index (χ4v) is 7.72. The van der Waals surface area contributed by atoms with E-state index in [4.69, 9.17) is 4.74 Å². The third-order valence-corrected chi connectivity index (χ3v) is 10.2.